The second-order valence-electron chi connectivity index (χ2n) is 7.40. The first-order valence-corrected chi connectivity index (χ1v) is 10.1. The van der Waals surface area contributed by atoms with Crippen molar-refractivity contribution >= 4 is 23.4 Å². The van der Waals surface area contributed by atoms with Crippen LogP contribution < -0.4 is 5.32 Å². The lowest BCUT2D eigenvalue weighted by molar-refractivity contribution is -0.141. The van der Waals surface area contributed by atoms with Crippen LogP contribution in [0.25, 0.3) is 0 Å². The van der Waals surface area contributed by atoms with Crippen LogP contribution in [0, 0.1) is 6.92 Å². The molecule has 0 bridgehead atoms. The molecule has 150 valence electrons. The summed E-state index contributed by atoms with van der Waals surface area (Å²) < 4.78 is 0. The van der Waals surface area contributed by atoms with Crippen molar-refractivity contribution in [3.8, 4) is 0 Å². The lowest BCUT2D eigenvalue weighted by Gasteiger charge is -2.31. The van der Waals surface area contributed by atoms with Crippen molar-refractivity contribution in [2.75, 3.05) is 0 Å². The normalized spacial score (nSPS) is 11.9. The summed E-state index contributed by atoms with van der Waals surface area (Å²) in [6, 6.07) is 14.8. The molecule has 0 aliphatic carbocycles. The first kappa shape index (κ1) is 22.0. The lowest BCUT2D eigenvalue weighted by atomic mass is 10.1. The van der Waals surface area contributed by atoms with Crippen LogP contribution in [0.5, 0.6) is 0 Å². The van der Waals surface area contributed by atoms with E-state index in [-0.39, 0.29) is 24.3 Å². The zero-order valence-corrected chi connectivity index (χ0v) is 17.8. The van der Waals surface area contributed by atoms with E-state index in [2.05, 4.69) is 5.32 Å². The number of halogens is 1. The summed E-state index contributed by atoms with van der Waals surface area (Å²) in [5.74, 6) is -0.192. The summed E-state index contributed by atoms with van der Waals surface area (Å²) in [4.78, 5) is 27.6. The van der Waals surface area contributed by atoms with Gasteiger partial charge in [-0.1, -0.05) is 60.5 Å². The van der Waals surface area contributed by atoms with Gasteiger partial charge in [-0.05, 0) is 50.5 Å². The van der Waals surface area contributed by atoms with Crippen LogP contribution in [-0.2, 0) is 22.6 Å². The fourth-order valence-electron chi connectivity index (χ4n) is 3.07. The van der Waals surface area contributed by atoms with Gasteiger partial charge in [-0.2, -0.15) is 0 Å². The van der Waals surface area contributed by atoms with Gasteiger partial charge < -0.3 is 10.2 Å². The van der Waals surface area contributed by atoms with Crippen molar-refractivity contribution < 1.29 is 9.59 Å². The molecule has 1 atom stereocenters. The van der Waals surface area contributed by atoms with Crippen LogP contribution >= 0.6 is 11.6 Å². The Morgan fingerprint density at radius 1 is 1.00 bits per heavy atom. The molecule has 0 heterocycles. The highest BCUT2D eigenvalue weighted by molar-refractivity contribution is 6.30. The van der Waals surface area contributed by atoms with Gasteiger partial charge in [0.25, 0.3) is 0 Å². The largest absolute Gasteiger partial charge is 0.352 e. The molecule has 5 heteroatoms. The standard InChI is InChI=1S/C23H29ClN2O2/c1-5-21(23(28)25-16(2)3)26(15-19-8-6-17(4)7-9-19)22(27)14-18-10-12-20(24)13-11-18/h6-13,16,21H,5,14-15H2,1-4H3,(H,25,28). The topological polar surface area (TPSA) is 49.4 Å². The molecule has 0 aliphatic heterocycles. The Hall–Kier alpha value is -2.33. The third-order valence-corrected chi connectivity index (χ3v) is 4.81. The van der Waals surface area contributed by atoms with Gasteiger partial charge in [0.15, 0.2) is 0 Å². The van der Waals surface area contributed by atoms with Crippen molar-refractivity contribution in [2.45, 2.75) is 59.2 Å². The van der Waals surface area contributed by atoms with E-state index in [1.165, 1.54) is 0 Å². The van der Waals surface area contributed by atoms with Gasteiger partial charge in [-0.25, -0.2) is 0 Å². The molecule has 2 aromatic carbocycles. The molecule has 0 aromatic heterocycles. The number of rotatable bonds is 8. The SMILES string of the molecule is CCC(C(=O)NC(C)C)N(Cc1ccc(C)cc1)C(=O)Cc1ccc(Cl)cc1. The van der Waals surface area contributed by atoms with Crippen molar-refractivity contribution in [1.82, 2.24) is 10.2 Å². The molecule has 0 aliphatic rings. The Balaban J connectivity index is 2.27. The Bertz CT molecular complexity index is 785. The van der Waals surface area contributed by atoms with E-state index >= 15 is 0 Å². The van der Waals surface area contributed by atoms with E-state index in [1.807, 2.05) is 64.1 Å². The van der Waals surface area contributed by atoms with Gasteiger partial charge in [0.05, 0.1) is 6.42 Å². The number of amides is 2. The third-order valence-electron chi connectivity index (χ3n) is 4.56. The van der Waals surface area contributed by atoms with Gasteiger partial charge in [-0.15, -0.1) is 0 Å². The molecule has 0 saturated carbocycles. The molecule has 2 rings (SSSR count). The van der Waals surface area contributed by atoms with Crippen LogP contribution in [-0.4, -0.2) is 28.8 Å². The predicted octanol–water partition coefficient (Wildman–Crippen LogP) is 4.52. The Labute approximate surface area is 172 Å². The Kier molecular flexibility index (Phi) is 8.06. The summed E-state index contributed by atoms with van der Waals surface area (Å²) in [5.41, 5.74) is 3.04. The van der Waals surface area contributed by atoms with Crippen molar-refractivity contribution in [3.05, 3.63) is 70.2 Å². The molecule has 4 nitrogen and oxygen atoms in total. The summed E-state index contributed by atoms with van der Waals surface area (Å²) in [5, 5.41) is 3.58. The van der Waals surface area contributed by atoms with Crippen LogP contribution in [0.4, 0.5) is 0 Å². The molecule has 1 unspecified atom stereocenters. The highest BCUT2D eigenvalue weighted by atomic mass is 35.5. The zero-order valence-electron chi connectivity index (χ0n) is 17.0. The fourth-order valence-corrected chi connectivity index (χ4v) is 3.19. The molecule has 1 N–H and O–H groups in total. The van der Waals surface area contributed by atoms with Crippen LogP contribution in [0.3, 0.4) is 0 Å². The quantitative estimate of drug-likeness (QED) is 0.708. The van der Waals surface area contributed by atoms with E-state index in [9.17, 15) is 9.59 Å². The molecule has 2 amide bonds. The first-order valence-electron chi connectivity index (χ1n) is 9.70. The number of carbonyl (C=O) groups is 2. The highest BCUT2D eigenvalue weighted by Crippen LogP contribution is 2.16. The van der Waals surface area contributed by atoms with Crippen LogP contribution in [0.15, 0.2) is 48.5 Å². The molecule has 0 spiro atoms. The first-order chi connectivity index (χ1) is 13.3. The summed E-state index contributed by atoms with van der Waals surface area (Å²) >= 11 is 5.95. The van der Waals surface area contributed by atoms with E-state index in [4.69, 9.17) is 11.6 Å². The van der Waals surface area contributed by atoms with Gasteiger partial charge in [0, 0.05) is 17.6 Å². The van der Waals surface area contributed by atoms with E-state index in [1.54, 1.807) is 17.0 Å². The number of benzene rings is 2. The van der Waals surface area contributed by atoms with Gasteiger partial charge in [-0.3, -0.25) is 9.59 Å². The van der Waals surface area contributed by atoms with Crippen LogP contribution in [0.1, 0.15) is 43.9 Å². The Morgan fingerprint density at radius 3 is 2.11 bits per heavy atom. The van der Waals surface area contributed by atoms with Crippen molar-refractivity contribution in [1.29, 1.82) is 0 Å². The average molecular weight is 401 g/mol. The molecule has 0 radical (unpaired) electrons. The van der Waals surface area contributed by atoms with Gasteiger partial charge >= 0.3 is 0 Å². The minimum Gasteiger partial charge on any atom is -0.352 e. The second-order valence-corrected chi connectivity index (χ2v) is 7.83. The second kappa shape index (κ2) is 10.3. The van der Waals surface area contributed by atoms with Gasteiger partial charge in [0.2, 0.25) is 11.8 Å². The van der Waals surface area contributed by atoms with E-state index < -0.39 is 6.04 Å². The lowest BCUT2D eigenvalue weighted by Crippen LogP contribution is -2.50. The van der Waals surface area contributed by atoms with Crippen molar-refractivity contribution in [2.24, 2.45) is 0 Å². The maximum Gasteiger partial charge on any atom is 0.243 e. The fraction of sp³-hybridized carbons (Fsp3) is 0.391. The summed E-state index contributed by atoms with van der Waals surface area (Å²) in [7, 11) is 0. The predicted molar refractivity (Wildman–Crippen MR) is 114 cm³/mol. The smallest absolute Gasteiger partial charge is 0.243 e. The monoisotopic (exact) mass is 400 g/mol. The molecular weight excluding hydrogens is 372 g/mol. The van der Waals surface area contributed by atoms with E-state index in [0.29, 0.717) is 18.0 Å². The molecule has 2 aromatic rings. The molecule has 0 saturated heterocycles. The number of hydrogen-bond acceptors (Lipinski definition) is 2. The molecule has 0 fully saturated rings. The number of hydrogen-bond donors (Lipinski definition) is 1. The van der Waals surface area contributed by atoms with Gasteiger partial charge in [0.1, 0.15) is 6.04 Å². The average Bonchev–Trinajstić information content (AvgIpc) is 2.64. The minimum absolute atomic E-state index is 0.0224. The minimum atomic E-state index is -0.511. The number of carbonyl (C=O) groups excluding carboxylic acids is 2. The number of aryl methyl sites for hydroxylation is 1. The summed E-state index contributed by atoms with van der Waals surface area (Å²) in [6.07, 6.45) is 0.783. The Morgan fingerprint density at radius 2 is 1.57 bits per heavy atom. The summed E-state index contributed by atoms with van der Waals surface area (Å²) in [6.45, 7) is 8.20. The van der Waals surface area contributed by atoms with Crippen LogP contribution in [0.2, 0.25) is 5.02 Å². The third kappa shape index (κ3) is 6.38. The molecular formula is C23H29ClN2O2. The highest BCUT2D eigenvalue weighted by Gasteiger charge is 2.28. The maximum atomic E-state index is 13.2. The number of nitrogens with zero attached hydrogens (tertiary/aromatic N) is 1. The van der Waals surface area contributed by atoms with E-state index in [0.717, 1.165) is 16.7 Å². The zero-order chi connectivity index (χ0) is 20.7. The van der Waals surface area contributed by atoms with Crippen molar-refractivity contribution in [3.63, 3.8) is 0 Å². The maximum absolute atomic E-state index is 13.2. The molecule has 28 heavy (non-hydrogen) atoms. The number of nitrogens with one attached hydrogen (secondary N) is 1.